The van der Waals surface area contributed by atoms with E-state index in [9.17, 15) is 0 Å². The first-order chi connectivity index (χ1) is 6.85. The lowest BCUT2D eigenvalue weighted by Crippen LogP contribution is -1.80. The highest BCUT2D eigenvalue weighted by molar-refractivity contribution is 5.89. The van der Waals surface area contributed by atoms with E-state index in [1.54, 1.807) is 0 Å². The topological polar surface area (TPSA) is 0 Å². The van der Waals surface area contributed by atoms with Gasteiger partial charge in [-0.2, -0.15) is 0 Å². The Labute approximate surface area is 83.6 Å². The molecule has 64 valence electrons. The zero-order valence-electron chi connectivity index (χ0n) is 7.62. The third-order valence-electron chi connectivity index (χ3n) is 2.20. The molecule has 0 heteroatoms. The Morgan fingerprint density at radius 3 is 2.50 bits per heavy atom. The van der Waals surface area contributed by atoms with Crippen LogP contribution in [0.1, 0.15) is 11.1 Å². The molecule has 0 N–H and O–H groups in total. The van der Waals surface area contributed by atoms with Gasteiger partial charge in [-0.1, -0.05) is 30.0 Å². The van der Waals surface area contributed by atoms with Crippen LogP contribution in [0.25, 0.3) is 10.8 Å². The van der Waals surface area contributed by atoms with Gasteiger partial charge in [0.25, 0.3) is 0 Å². The smallest absolute Gasteiger partial charge is 0.0321 e. The molecule has 0 saturated heterocycles. The van der Waals surface area contributed by atoms with E-state index < -0.39 is 0 Å². The zero-order chi connectivity index (χ0) is 9.97. The number of rotatable bonds is 0. The van der Waals surface area contributed by atoms with Gasteiger partial charge >= 0.3 is 0 Å². The van der Waals surface area contributed by atoms with Crippen LogP contribution in [-0.2, 0) is 0 Å². The number of fused-ring (bicyclic) bond motifs is 1. The number of hydrogen-bond acceptors (Lipinski definition) is 0. The molecule has 0 heterocycles. The van der Waals surface area contributed by atoms with Gasteiger partial charge in [-0.15, -0.1) is 12.8 Å². The van der Waals surface area contributed by atoms with Gasteiger partial charge in [-0.3, -0.25) is 0 Å². The van der Waals surface area contributed by atoms with E-state index in [0.29, 0.717) is 0 Å². The Hall–Kier alpha value is -2.18. The zero-order valence-corrected chi connectivity index (χ0v) is 7.62. The molecule has 0 amide bonds. The molecule has 2 aromatic carbocycles. The predicted molar refractivity (Wildman–Crippen MR) is 59.8 cm³/mol. The normalized spacial score (nSPS) is 9.29. The molecule has 0 aliphatic carbocycles. The van der Waals surface area contributed by atoms with Gasteiger partial charge in [-0.05, 0) is 29.0 Å². The quantitative estimate of drug-likeness (QED) is 0.541. The highest BCUT2D eigenvalue weighted by Crippen LogP contribution is 2.19. The molecule has 0 aliphatic rings. The van der Waals surface area contributed by atoms with E-state index in [2.05, 4.69) is 11.8 Å². The monoisotopic (exact) mass is 176 g/mol. The molecule has 0 radical (unpaired) electrons. The van der Waals surface area contributed by atoms with Crippen LogP contribution < -0.4 is 0 Å². The summed E-state index contributed by atoms with van der Waals surface area (Å²) in [5.74, 6) is 5.26. The van der Waals surface area contributed by atoms with Crippen LogP contribution in [0.4, 0.5) is 0 Å². The molecule has 0 bridgehead atoms. The summed E-state index contributed by atoms with van der Waals surface area (Å²) in [5, 5.41) is 2.17. The van der Waals surface area contributed by atoms with Crippen molar-refractivity contribution in [3.05, 3.63) is 47.5 Å². The molecule has 0 spiro atoms. The molecule has 0 saturated carbocycles. The highest BCUT2D eigenvalue weighted by atomic mass is 14.0. The summed E-state index contributed by atoms with van der Waals surface area (Å²) in [6.45, 7) is 0. The third kappa shape index (κ3) is 1.24. The maximum absolute atomic E-state index is 5.40. The van der Waals surface area contributed by atoms with Crippen LogP contribution >= 0.6 is 0 Å². The molecule has 0 unspecified atom stereocenters. The van der Waals surface area contributed by atoms with Crippen LogP contribution in [0, 0.1) is 24.7 Å². The molecular weight excluding hydrogens is 168 g/mol. The van der Waals surface area contributed by atoms with E-state index in [1.807, 2.05) is 36.4 Å². The van der Waals surface area contributed by atoms with Crippen molar-refractivity contribution in [1.82, 2.24) is 0 Å². The highest BCUT2D eigenvalue weighted by Gasteiger charge is 1.97. The largest absolute Gasteiger partial charge is 0.115 e. The molecule has 0 aliphatic heterocycles. The number of benzene rings is 2. The van der Waals surface area contributed by atoms with Gasteiger partial charge < -0.3 is 0 Å². The maximum atomic E-state index is 5.40. The second-order valence-corrected chi connectivity index (χ2v) is 3.03. The minimum Gasteiger partial charge on any atom is -0.115 e. The average Bonchev–Trinajstić information content (AvgIpc) is 2.27. The summed E-state index contributed by atoms with van der Waals surface area (Å²) in [6.07, 6.45) is 10.7. The van der Waals surface area contributed by atoms with Crippen molar-refractivity contribution in [2.75, 3.05) is 0 Å². The Morgan fingerprint density at radius 1 is 0.929 bits per heavy atom. The Morgan fingerprint density at radius 2 is 1.79 bits per heavy atom. The molecule has 0 atom stereocenters. The van der Waals surface area contributed by atoms with E-state index in [1.165, 1.54) is 0 Å². The predicted octanol–water partition coefficient (Wildman–Crippen LogP) is 2.80. The van der Waals surface area contributed by atoms with Crippen molar-refractivity contribution in [2.24, 2.45) is 0 Å². The van der Waals surface area contributed by atoms with Gasteiger partial charge in [0, 0.05) is 11.1 Å². The van der Waals surface area contributed by atoms with Crippen LogP contribution in [-0.4, -0.2) is 0 Å². The van der Waals surface area contributed by atoms with E-state index in [4.69, 9.17) is 12.8 Å². The van der Waals surface area contributed by atoms with Gasteiger partial charge in [0.2, 0.25) is 0 Å². The summed E-state index contributed by atoms with van der Waals surface area (Å²) >= 11 is 0. The lowest BCUT2D eigenvalue weighted by atomic mass is 10.0. The van der Waals surface area contributed by atoms with Gasteiger partial charge in [0.05, 0.1) is 0 Å². The van der Waals surface area contributed by atoms with Crippen molar-refractivity contribution >= 4 is 10.8 Å². The fourth-order valence-electron chi connectivity index (χ4n) is 1.50. The second-order valence-electron chi connectivity index (χ2n) is 3.03. The summed E-state index contributed by atoms with van der Waals surface area (Å²) in [7, 11) is 0. The van der Waals surface area contributed by atoms with Gasteiger partial charge in [0.1, 0.15) is 0 Å². The first-order valence-electron chi connectivity index (χ1n) is 4.31. The van der Waals surface area contributed by atoms with Crippen molar-refractivity contribution in [3.63, 3.8) is 0 Å². The number of terminal acetylenes is 2. The molecule has 0 fully saturated rings. The van der Waals surface area contributed by atoms with Gasteiger partial charge in [0.15, 0.2) is 0 Å². The Kier molecular flexibility index (Phi) is 1.98. The molecule has 14 heavy (non-hydrogen) atoms. The van der Waals surface area contributed by atoms with Crippen LogP contribution in [0.3, 0.4) is 0 Å². The van der Waals surface area contributed by atoms with Crippen molar-refractivity contribution in [2.45, 2.75) is 0 Å². The third-order valence-corrected chi connectivity index (χ3v) is 2.20. The van der Waals surface area contributed by atoms with E-state index >= 15 is 0 Å². The summed E-state index contributed by atoms with van der Waals surface area (Å²) < 4.78 is 0. The average molecular weight is 176 g/mol. The minimum absolute atomic E-state index is 0.881. The SMILES string of the molecule is C#Cc1ccc2c(C#C)cccc2c1. The van der Waals surface area contributed by atoms with Crippen LogP contribution in [0.2, 0.25) is 0 Å². The maximum Gasteiger partial charge on any atom is 0.0321 e. The first-order valence-corrected chi connectivity index (χ1v) is 4.31. The lowest BCUT2D eigenvalue weighted by Gasteiger charge is -2.00. The van der Waals surface area contributed by atoms with Crippen molar-refractivity contribution in [1.29, 1.82) is 0 Å². The van der Waals surface area contributed by atoms with Gasteiger partial charge in [-0.25, -0.2) is 0 Å². The van der Waals surface area contributed by atoms with Crippen molar-refractivity contribution in [3.8, 4) is 24.7 Å². The Bertz CT molecular complexity index is 563. The summed E-state index contributed by atoms with van der Waals surface area (Å²) in [6, 6.07) is 11.7. The minimum atomic E-state index is 0.881. The van der Waals surface area contributed by atoms with Crippen molar-refractivity contribution < 1.29 is 0 Å². The Balaban J connectivity index is 2.83. The molecular formula is C14H8. The fraction of sp³-hybridized carbons (Fsp3) is 0. The molecule has 2 rings (SSSR count). The molecule has 0 nitrogen and oxygen atoms in total. The molecule has 0 aromatic heterocycles. The number of hydrogen-bond donors (Lipinski definition) is 0. The standard InChI is InChI=1S/C14H8/c1-3-11-8-9-14-12(4-2)6-5-7-13(14)10-11/h1-2,5-10H. The summed E-state index contributed by atoms with van der Waals surface area (Å²) in [5.41, 5.74) is 1.79. The first kappa shape index (κ1) is 8.42. The van der Waals surface area contributed by atoms with Crippen LogP contribution in [0.5, 0.6) is 0 Å². The summed E-state index contributed by atoms with van der Waals surface area (Å²) in [4.78, 5) is 0. The lowest BCUT2D eigenvalue weighted by molar-refractivity contribution is 1.67. The van der Waals surface area contributed by atoms with E-state index in [-0.39, 0.29) is 0 Å². The van der Waals surface area contributed by atoms with E-state index in [0.717, 1.165) is 21.9 Å². The molecule has 2 aromatic rings. The fourth-order valence-corrected chi connectivity index (χ4v) is 1.50. The second kappa shape index (κ2) is 3.29. The van der Waals surface area contributed by atoms with Crippen LogP contribution in [0.15, 0.2) is 36.4 Å².